The van der Waals surface area contributed by atoms with Gasteiger partial charge >= 0.3 is 5.97 Å². The summed E-state index contributed by atoms with van der Waals surface area (Å²) in [6, 6.07) is 15.9. The minimum Gasteiger partial charge on any atom is -0.457 e. The Bertz CT molecular complexity index is 849. The molecule has 0 spiro atoms. The molecule has 0 saturated heterocycles. The largest absolute Gasteiger partial charge is 0.457 e. The number of nitrogens with zero attached hydrogens (tertiary/aromatic N) is 1. The van der Waals surface area contributed by atoms with E-state index < -0.39 is 18.5 Å². The van der Waals surface area contributed by atoms with Crippen LogP contribution in [0.2, 0.25) is 0 Å². The van der Waals surface area contributed by atoms with E-state index in [1.54, 1.807) is 36.4 Å². The second-order valence-corrected chi connectivity index (χ2v) is 6.61. The smallest absolute Gasteiger partial charge is 0.338 e. The van der Waals surface area contributed by atoms with Crippen molar-refractivity contribution in [2.45, 2.75) is 18.9 Å². The third-order valence-corrected chi connectivity index (χ3v) is 4.12. The Morgan fingerprint density at radius 3 is 2.46 bits per heavy atom. The molecule has 3 rings (SSSR count). The number of likely N-dealkylation sites (N-methyl/N-ethyl adjacent to an activating group) is 1. The molecule has 1 fully saturated rings. The normalized spacial score (nSPS) is 12.8. The highest BCUT2D eigenvalue weighted by Gasteiger charge is 2.24. The van der Waals surface area contributed by atoms with E-state index in [2.05, 4.69) is 5.32 Å². The quantitative estimate of drug-likeness (QED) is 0.709. The van der Waals surface area contributed by atoms with Crippen LogP contribution in [0.4, 0.5) is 0 Å². The standard InChI is InChI=1S/C21H22N2O5/c1-23(13-19(24)22-16-10-11-16)20(25)14-27-21(26)15-6-5-9-18(12-15)28-17-7-3-2-4-8-17/h2-9,12,16H,10-11,13-14H2,1H3,(H,22,24). The first-order valence-electron chi connectivity index (χ1n) is 9.04. The Kier molecular flexibility index (Phi) is 6.26. The molecule has 2 amide bonds. The molecule has 0 aliphatic heterocycles. The first-order valence-corrected chi connectivity index (χ1v) is 9.04. The van der Waals surface area contributed by atoms with Gasteiger partial charge in [-0.3, -0.25) is 9.59 Å². The predicted octanol–water partition coefficient (Wildman–Crippen LogP) is 2.37. The van der Waals surface area contributed by atoms with Crippen molar-refractivity contribution in [1.82, 2.24) is 10.2 Å². The molecule has 0 bridgehead atoms. The zero-order valence-electron chi connectivity index (χ0n) is 15.6. The number of hydrogen-bond donors (Lipinski definition) is 1. The van der Waals surface area contributed by atoms with Gasteiger partial charge in [-0.25, -0.2) is 4.79 Å². The monoisotopic (exact) mass is 382 g/mol. The Labute approximate surface area is 163 Å². The molecule has 7 nitrogen and oxygen atoms in total. The van der Waals surface area contributed by atoms with Gasteiger partial charge in [0.15, 0.2) is 6.61 Å². The topological polar surface area (TPSA) is 84.9 Å². The van der Waals surface area contributed by atoms with Gasteiger partial charge in [-0.15, -0.1) is 0 Å². The highest BCUT2D eigenvalue weighted by atomic mass is 16.5. The molecule has 2 aromatic carbocycles. The van der Waals surface area contributed by atoms with Crippen LogP contribution >= 0.6 is 0 Å². The Balaban J connectivity index is 1.49. The maximum absolute atomic E-state index is 12.2. The lowest BCUT2D eigenvalue weighted by Gasteiger charge is -2.16. The van der Waals surface area contributed by atoms with Crippen molar-refractivity contribution >= 4 is 17.8 Å². The van der Waals surface area contributed by atoms with E-state index in [0.29, 0.717) is 11.5 Å². The van der Waals surface area contributed by atoms with Crippen LogP contribution in [0.1, 0.15) is 23.2 Å². The van der Waals surface area contributed by atoms with Crippen LogP contribution in [0.3, 0.4) is 0 Å². The van der Waals surface area contributed by atoms with Crippen molar-refractivity contribution in [1.29, 1.82) is 0 Å². The summed E-state index contributed by atoms with van der Waals surface area (Å²) in [6.07, 6.45) is 1.96. The summed E-state index contributed by atoms with van der Waals surface area (Å²) in [4.78, 5) is 37.3. The lowest BCUT2D eigenvalue weighted by Crippen LogP contribution is -2.40. The highest BCUT2D eigenvalue weighted by molar-refractivity contribution is 5.92. The van der Waals surface area contributed by atoms with Crippen LogP contribution in [0.25, 0.3) is 0 Å². The molecular weight excluding hydrogens is 360 g/mol. The van der Waals surface area contributed by atoms with Crippen molar-refractivity contribution in [3.05, 3.63) is 60.2 Å². The van der Waals surface area contributed by atoms with E-state index in [1.165, 1.54) is 11.9 Å². The van der Waals surface area contributed by atoms with E-state index in [-0.39, 0.29) is 24.1 Å². The van der Waals surface area contributed by atoms with Crippen molar-refractivity contribution in [2.75, 3.05) is 20.2 Å². The van der Waals surface area contributed by atoms with E-state index in [4.69, 9.17) is 9.47 Å². The Hall–Kier alpha value is -3.35. The van der Waals surface area contributed by atoms with E-state index in [9.17, 15) is 14.4 Å². The fraction of sp³-hybridized carbons (Fsp3) is 0.286. The first-order chi connectivity index (χ1) is 13.5. The summed E-state index contributed by atoms with van der Waals surface area (Å²) >= 11 is 0. The summed E-state index contributed by atoms with van der Waals surface area (Å²) in [7, 11) is 1.50. The lowest BCUT2D eigenvalue weighted by atomic mass is 10.2. The van der Waals surface area contributed by atoms with Crippen molar-refractivity contribution in [3.8, 4) is 11.5 Å². The zero-order valence-corrected chi connectivity index (χ0v) is 15.6. The molecule has 0 radical (unpaired) electrons. The number of nitrogens with one attached hydrogen (secondary N) is 1. The maximum Gasteiger partial charge on any atom is 0.338 e. The van der Waals surface area contributed by atoms with E-state index >= 15 is 0 Å². The van der Waals surface area contributed by atoms with Gasteiger partial charge in [0.05, 0.1) is 12.1 Å². The van der Waals surface area contributed by atoms with Crippen LogP contribution in [0, 0.1) is 0 Å². The van der Waals surface area contributed by atoms with E-state index in [1.807, 2.05) is 18.2 Å². The average molecular weight is 382 g/mol. The number of benzene rings is 2. The number of amides is 2. The van der Waals surface area contributed by atoms with Crippen LogP contribution in [-0.2, 0) is 14.3 Å². The molecule has 0 aromatic heterocycles. The summed E-state index contributed by atoms with van der Waals surface area (Å²) in [5.41, 5.74) is 0.273. The summed E-state index contributed by atoms with van der Waals surface area (Å²) in [5, 5.41) is 2.80. The third kappa shape index (κ3) is 5.84. The molecular formula is C21H22N2O5. The van der Waals surface area contributed by atoms with Crippen LogP contribution in [0.5, 0.6) is 11.5 Å². The van der Waals surface area contributed by atoms with Gasteiger partial charge in [-0.05, 0) is 43.2 Å². The van der Waals surface area contributed by atoms with Gasteiger partial charge in [-0.1, -0.05) is 24.3 Å². The van der Waals surface area contributed by atoms with Gasteiger partial charge in [-0.2, -0.15) is 0 Å². The van der Waals surface area contributed by atoms with Gasteiger partial charge in [0.2, 0.25) is 5.91 Å². The minimum absolute atomic E-state index is 0.0622. The SMILES string of the molecule is CN(CC(=O)NC1CC1)C(=O)COC(=O)c1cccc(Oc2ccccc2)c1. The number of rotatable bonds is 8. The second kappa shape index (κ2) is 9.03. The lowest BCUT2D eigenvalue weighted by molar-refractivity contribution is -0.137. The summed E-state index contributed by atoms with van der Waals surface area (Å²) in [5.74, 6) is -0.163. The van der Waals surface area contributed by atoms with Crippen LogP contribution in [-0.4, -0.2) is 48.9 Å². The fourth-order valence-corrected chi connectivity index (χ4v) is 2.44. The van der Waals surface area contributed by atoms with Crippen LogP contribution in [0.15, 0.2) is 54.6 Å². The minimum atomic E-state index is -0.636. The number of hydrogen-bond acceptors (Lipinski definition) is 5. The molecule has 1 N–H and O–H groups in total. The zero-order chi connectivity index (χ0) is 19.9. The van der Waals surface area contributed by atoms with Crippen LogP contribution < -0.4 is 10.1 Å². The maximum atomic E-state index is 12.2. The first kappa shape index (κ1) is 19.4. The fourth-order valence-electron chi connectivity index (χ4n) is 2.44. The molecule has 146 valence electrons. The average Bonchev–Trinajstić information content (AvgIpc) is 3.50. The summed E-state index contributed by atoms with van der Waals surface area (Å²) < 4.78 is 10.8. The highest BCUT2D eigenvalue weighted by Crippen LogP contribution is 2.22. The van der Waals surface area contributed by atoms with Gasteiger partial charge in [0, 0.05) is 13.1 Å². The number of ether oxygens (including phenoxy) is 2. The number of esters is 1. The molecule has 0 heterocycles. The summed E-state index contributed by atoms with van der Waals surface area (Å²) in [6.45, 7) is -0.497. The van der Waals surface area contributed by atoms with Gasteiger partial charge in [0.25, 0.3) is 5.91 Å². The molecule has 1 aliphatic rings. The van der Waals surface area contributed by atoms with Gasteiger partial charge < -0.3 is 19.7 Å². The molecule has 7 heteroatoms. The van der Waals surface area contributed by atoms with Crippen molar-refractivity contribution in [3.63, 3.8) is 0 Å². The molecule has 1 saturated carbocycles. The Morgan fingerprint density at radius 1 is 1.04 bits per heavy atom. The van der Waals surface area contributed by atoms with Crippen molar-refractivity contribution < 1.29 is 23.9 Å². The number of carbonyl (C=O) groups is 3. The third-order valence-electron chi connectivity index (χ3n) is 4.12. The Morgan fingerprint density at radius 2 is 1.75 bits per heavy atom. The number of carbonyl (C=O) groups excluding carboxylic acids is 3. The molecule has 2 aromatic rings. The second-order valence-electron chi connectivity index (χ2n) is 6.61. The molecule has 0 atom stereocenters. The molecule has 0 unspecified atom stereocenters. The van der Waals surface area contributed by atoms with E-state index in [0.717, 1.165) is 12.8 Å². The van der Waals surface area contributed by atoms with Crippen molar-refractivity contribution in [2.24, 2.45) is 0 Å². The predicted molar refractivity (Wildman–Crippen MR) is 102 cm³/mol. The number of para-hydroxylation sites is 1. The molecule has 28 heavy (non-hydrogen) atoms. The van der Waals surface area contributed by atoms with Gasteiger partial charge in [0.1, 0.15) is 11.5 Å². The molecule has 1 aliphatic carbocycles.